The summed E-state index contributed by atoms with van der Waals surface area (Å²) in [6, 6.07) is 3.87. The van der Waals surface area contributed by atoms with Gasteiger partial charge >= 0.3 is 0 Å². The second kappa shape index (κ2) is 5.89. The molecule has 0 bridgehead atoms. The van der Waals surface area contributed by atoms with E-state index in [1.165, 1.54) is 6.42 Å². The lowest BCUT2D eigenvalue weighted by Crippen LogP contribution is -2.42. The fourth-order valence-electron chi connectivity index (χ4n) is 2.77. The molecule has 1 aliphatic rings. The predicted octanol–water partition coefficient (Wildman–Crippen LogP) is 1.98. The maximum Gasteiger partial charge on any atom is 0.268 e. The number of hydrogen-bond acceptors (Lipinski definition) is 3. The molecule has 5 nitrogen and oxygen atoms in total. The smallest absolute Gasteiger partial charge is 0.268 e. The Balaban J connectivity index is 1.62. The lowest BCUT2D eigenvalue weighted by Gasteiger charge is -2.26. The average molecular weight is 305 g/mol. The number of fused-ring (bicyclic) bond motifs is 1. The third kappa shape index (κ3) is 2.81. The van der Waals surface area contributed by atoms with Crippen molar-refractivity contribution in [3.8, 4) is 0 Å². The van der Waals surface area contributed by atoms with Crippen LogP contribution in [0, 0.1) is 0 Å². The molecule has 0 aliphatic carbocycles. The van der Waals surface area contributed by atoms with Crippen LogP contribution in [0.1, 0.15) is 29.8 Å². The van der Waals surface area contributed by atoms with E-state index < -0.39 is 0 Å². The van der Waals surface area contributed by atoms with Gasteiger partial charge in [0.15, 0.2) is 0 Å². The largest absolute Gasteiger partial charge is 0.342 e. The fraction of sp³-hybridized carbons (Fsp3) is 0.467. The molecule has 0 spiro atoms. The van der Waals surface area contributed by atoms with E-state index >= 15 is 0 Å². The third-order valence-corrected chi connectivity index (χ3v) is 4.86. The zero-order valence-corrected chi connectivity index (χ0v) is 12.9. The molecule has 0 aromatic carbocycles. The summed E-state index contributed by atoms with van der Waals surface area (Å²) >= 11 is 1.61. The van der Waals surface area contributed by atoms with Gasteiger partial charge in [0.05, 0.1) is 16.8 Å². The molecule has 21 heavy (non-hydrogen) atoms. The van der Waals surface area contributed by atoms with Crippen LogP contribution >= 0.6 is 11.3 Å². The molecular weight excluding hydrogens is 286 g/mol. The Kier molecular flexibility index (Phi) is 3.96. The molecule has 1 fully saturated rings. The van der Waals surface area contributed by atoms with E-state index in [1.54, 1.807) is 11.3 Å². The van der Waals surface area contributed by atoms with Crippen LogP contribution in [0.25, 0.3) is 10.2 Å². The van der Waals surface area contributed by atoms with Crippen molar-refractivity contribution in [1.29, 1.82) is 0 Å². The highest BCUT2D eigenvalue weighted by molar-refractivity contribution is 7.17. The normalized spacial score (nSPS) is 15.4. The van der Waals surface area contributed by atoms with Gasteiger partial charge in [-0.3, -0.25) is 9.59 Å². The first kappa shape index (κ1) is 14.1. The Hall–Kier alpha value is -1.82. The topological polar surface area (TPSA) is 54.3 Å². The van der Waals surface area contributed by atoms with Crippen LogP contribution in [0.3, 0.4) is 0 Å². The molecule has 3 heterocycles. The van der Waals surface area contributed by atoms with Crippen molar-refractivity contribution in [2.24, 2.45) is 7.05 Å². The van der Waals surface area contributed by atoms with E-state index in [0.717, 1.165) is 36.1 Å². The maximum atomic E-state index is 12.2. The minimum absolute atomic E-state index is 0.0130. The van der Waals surface area contributed by atoms with Crippen LogP contribution in [0.2, 0.25) is 0 Å². The Bertz CT molecular complexity index is 668. The molecular formula is C15H19N3O2S. The first-order valence-corrected chi connectivity index (χ1v) is 8.13. The summed E-state index contributed by atoms with van der Waals surface area (Å²) in [6.07, 6.45) is 3.32. The molecule has 0 unspecified atom stereocenters. The van der Waals surface area contributed by atoms with Gasteiger partial charge in [-0.25, -0.2) is 0 Å². The van der Waals surface area contributed by atoms with Crippen LogP contribution in [0.5, 0.6) is 0 Å². The van der Waals surface area contributed by atoms with Crippen molar-refractivity contribution >= 4 is 33.4 Å². The van der Waals surface area contributed by atoms with E-state index in [4.69, 9.17) is 0 Å². The lowest BCUT2D eigenvalue weighted by atomic mass is 10.1. The average Bonchev–Trinajstić information content (AvgIpc) is 3.09. The first-order valence-electron chi connectivity index (χ1n) is 7.26. The number of aromatic nitrogens is 1. The molecule has 3 rings (SSSR count). The molecule has 1 saturated heterocycles. The number of thiophene rings is 1. The quantitative estimate of drug-likeness (QED) is 0.943. The van der Waals surface area contributed by atoms with Crippen molar-refractivity contribution in [3.05, 3.63) is 23.2 Å². The molecule has 2 amide bonds. The van der Waals surface area contributed by atoms with Crippen LogP contribution in [0.4, 0.5) is 0 Å². The number of likely N-dealkylation sites (tertiary alicyclic amines) is 1. The molecule has 1 N–H and O–H groups in total. The van der Waals surface area contributed by atoms with Crippen molar-refractivity contribution in [2.45, 2.75) is 19.3 Å². The predicted molar refractivity (Wildman–Crippen MR) is 83.6 cm³/mol. The number of carbonyl (C=O) groups is 2. The van der Waals surface area contributed by atoms with Gasteiger partial charge in [-0.05, 0) is 36.8 Å². The highest BCUT2D eigenvalue weighted by atomic mass is 32.1. The second-order valence-corrected chi connectivity index (χ2v) is 6.33. The number of nitrogens with zero attached hydrogens (tertiary/aromatic N) is 2. The molecule has 1 aliphatic heterocycles. The zero-order valence-electron chi connectivity index (χ0n) is 12.1. The number of amides is 2. The summed E-state index contributed by atoms with van der Waals surface area (Å²) in [5, 5.41) is 4.75. The van der Waals surface area contributed by atoms with Crippen molar-refractivity contribution in [2.75, 3.05) is 19.6 Å². The summed E-state index contributed by atoms with van der Waals surface area (Å²) in [5.41, 5.74) is 1.65. The highest BCUT2D eigenvalue weighted by Crippen LogP contribution is 2.23. The monoisotopic (exact) mass is 305 g/mol. The SMILES string of the molecule is Cn1c(C(=O)NCC(=O)N2CCCCC2)cc2sccc21. The van der Waals surface area contributed by atoms with Gasteiger partial charge in [0, 0.05) is 20.1 Å². The molecule has 112 valence electrons. The molecule has 6 heteroatoms. The number of nitrogens with one attached hydrogen (secondary N) is 1. The number of hydrogen-bond donors (Lipinski definition) is 1. The van der Waals surface area contributed by atoms with E-state index in [-0.39, 0.29) is 18.4 Å². The molecule has 2 aromatic rings. The maximum absolute atomic E-state index is 12.2. The van der Waals surface area contributed by atoms with Crippen LogP contribution < -0.4 is 5.32 Å². The zero-order chi connectivity index (χ0) is 14.8. The van der Waals surface area contributed by atoms with Crippen molar-refractivity contribution in [1.82, 2.24) is 14.8 Å². The molecule has 0 radical (unpaired) electrons. The van der Waals surface area contributed by atoms with E-state index in [0.29, 0.717) is 5.69 Å². The van der Waals surface area contributed by atoms with Gasteiger partial charge in [-0.2, -0.15) is 0 Å². The number of carbonyl (C=O) groups excluding carboxylic acids is 2. The van der Waals surface area contributed by atoms with E-state index in [1.807, 2.05) is 34.0 Å². The standard InChI is InChI=1S/C15H19N3O2S/c1-17-11-5-8-21-13(11)9-12(17)15(20)16-10-14(19)18-6-3-2-4-7-18/h5,8-9H,2-4,6-7,10H2,1H3,(H,16,20). The van der Waals surface area contributed by atoms with Crippen molar-refractivity contribution in [3.63, 3.8) is 0 Å². The van der Waals surface area contributed by atoms with Gasteiger partial charge in [-0.1, -0.05) is 0 Å². The summed E-state index contributed by atoms with van der Waals surface area (Å²) in [6.45, 7) is 1.71. The Labute approximate surface area is 127 Å². The summed E-state index contributed by atoms with van der Waals surface area (Å²) in [4.78, 5) is 26.1. The van der Waals surface area contributed by atoms with E-state index in [9.17, 15) is 9.59 Å². The Morgan fingerprint density at radius 1 is 1.29 bits per heavy atom. The second-order valence-electron chi connectivity index (χ2n) is 5.38. The molecule has 0 atom stereocenters. The summed E-state index contributed by atoms with van der Waals surface area (Å²) in [5.74, 6) is -0.176. The molecule has 0 saturated carbocycles. The number of aryl methyl sites for hydroxylation is 1. The molecule has 2 aromatic heterocycles. The minimum atomic E-state index is -0.189. The first-order chi connectivity index (χ1) is 10.2. The van der Waals surface area contributed by atoms with Crippen LogP contribution in [-0.2, 0) is 11.8 Å². The Morgan fingerprint density at radius 3 is 2.76 bits per heavy atom. The summed E-state index contributed by atoms with van der Waals surface area (Å²) < 4.78 is 2.96. The number of rotatable bonds is 3. The Morgan fingerprint density at radius 2 is 2.05 bits per heavy atom. The van der Waals surface area contributed by atoms with Crippen LogP contribution in [-0.4, -0.2) is 40.9 Å². The van der Waals surface area contributed by atoms with Crippen molar-refractivity contribution < 1.29 is 9.59 Å². The van der Waals surface area contributed by atoms with Gasteiger partial charge in [0.1, 0.15) is 5.69 Å². The third-order valence-electron chi connectivity index (χ3n) is 4.01. The fourth-order valence-corrected chi connectivity index (χ4v) is 3.62. The number of piperidine rings is 1. The summed E-state index contributed by atoms with van der Waals surface area (Å²) in [7, 11) is 1.87. The van der Waals surface area contributed by atoms with Gasteiger partial charge in [-0.15, -0.1) is 11.3 Å². The van der Waals surface area contributed by atoms with E-state index in [2.05, 4.69) is 5.32 Å². The lowest BCUT2D eigenvalue weighted by molar-refractivity contribution is -0.130. The van der Waals surface area contributed by atoms with Gasteiger partial charge in [0.2, 0.25) is 5.91 Å². The highest BCUT2D eigenvalue weighted by Gasteiger charge is 2.19. The van der Waals surface area contributed by atoms with Gasteiger partial charge in [0.25, 0.3) is 5.91 Å². The van der Waals surface area contributed by atoms with Gasteiger partial charge < -0.3 is 14.8 Å². The van der Waals surface area contributed by atoms with Crippen LogP contribution in [0.15, 0.2) is 17.5 Å². The minimum Gasteiger partial charge on any atom is -0.342 e.